The quantitative estimate of drug-likeness (QED) is 0.780. The normalized spacial score (nSPS) is 15.6. The lowest BCUT2D eigenvalue weighted by atomic mass is 10.0. The molecular formula is C12H8FNO2S. The molecule has 0 radical (unpaired) electrons. The zero-order valence-corrected chi connectivity index (χ0v) is 9.46. The standard InChI is InChI=1S/C12H8FNO2S/c13-8-5-6-9-10-3-1-2-4-12(10)17(15,16)14-11(9)7-8/h1-7,14H. The highest BCUT2D eigenvalue weighted by atomic mass is 32.2. The Morgan fingerprint density at radius 1 is 1.00 bits per heavy atom. The second-order valence-corrected chi connectivity index (χ2v) is 5.44. The molecule has 0 saturated carbocycles. The summed E-state index contributed by atoms with van der Waals surface area (Å²) < 4.78 is 39.3. The zero-order chi connectivity index (χ0) is 12.0. The molecule has 0 fully saturated rings. The summed E-state index contributed by atoms with van der Waals surface area (Å²) in [4.78, 5) is 0.221. The summed E-state index contributed by atoms with van der Waals surface area (Å²) >= 11 is 0. The number of halogens is 1. The molecule has 17 heavy (non-hydrogen) atoms. The maximum atomic E-state index is 13.1. The Balaban J connectivity index is 2.39. The third kappa shape index (κ3) is 1.51. The Morgan fingerprint density at radius 3 is 2.59 bits per heavy atom. The Kier molecular flexibility index (Phi) is 2.00. The van der Waals surface area contributed by atoms with Crippen molar-refractivity contribution in [2.24, 2.45) is 0 Å². The van der Waals surface area contributed by atoms with Crippen molar-refractivity contribution in [3.63, 3.8) is 0 Å². The minimum absolute atomic E-state index is 0.221. The Labute approximate surface area is 98.0 Å². The van der Waals surface area contributed by atoms with Crippen molar-refractivity contribution >= 4 is 15.7 Å². The largest absolute Gasteiger partial charge is 0.279 e. The van der Waals surface area contributed by atoms with E-state index in [0.29, 0.717) is 11.1 Å². The van der Waals surface area contributed by atoms with Crippen LogP contribution in [0.15, 0.2) is 47.4 Å². The topological polar surface area (TPSA) is 46.2 Å². The number of sulfonamides is 1. The van der Waals surface area contributed by atoms with Crippen molar-refractivity contribution in [1.82, 2.24) is 0 Å². The predicted molar refractivity (Wildman–Crippen MR) is 62.6 cm³/mol. The molecule has 2 aromatic rings. The Morgan fingerprint density at radius 2 is 1.76 bits per heavy atom. The van der Waals surface area contributed by atoms with E-state index in [-0.39, 0.29) is 10.6 Å². The zero-order valence-electron chi connectivity index (χ0n) is 8.64. The van der Waals surface area contributed by atoms with Gasteiger partial charge in [-0.05, 0) is 24.3 Å². The van der Waals surface area contributed by atoms with Crippen LogP contribution >= 0.6 is 0 Å². The summed E-state index contributed by atoms with van der Waals surface area (Å²) in [7, 11) is -3.59. The number of anilines is 1. The summed E-state index contributed by atoms with van der Waals surface area (Å²) in [5.41, 5.74) is 1.57. The van der Waals surface area contributed by atoms with Gasteiger partial charge < -0.3 is 0 Å². The van der Waals surface area contributed by atoms with Gasteiger partial charge in [-0.15, -0.1) is 0 Å². The van der Waals surface area contributed by atoms with Crippen molar-refractivity contribution in [2.75, 3.05) is 4.72 Å². The van der Waals surface area contributed by atoms with Gasteiger partial charge in [0.1, 0.15) is 5.82 Å². The van der Waals surface area contributed by atoms with E-state index in [9.17, 15) is 12.8 Å². The summed E-state index contributed by atoms with van der Waals surface area (Å²) in [6.45, 7) is 0. The second kappa shape index (κ2) is 3.30. The van der Waals surface area contributed by atoms with Gasteiger partial charge in [-0.25, -0.2) is 12.8 Å². The fourth-order valence-electron chi connectivity index (χ4n) is 1.96. The lowest BCUT2D eigenvalue weighted by Crippen LogP contribution is -2.18. The second-order valence-electron chi connectivity index (χ2n) is 3.79. The molecule has 0 spiro atoms. The van der Waals surface area contributed by atoms with Crippen LogP contribution in [-0.2, 0) is 10.0 Å². The van der Waals surface area contributed by atoms with Crippen LogP contribution in [0.25, 0.3) is 11.1 Å². The molecule has 1 aliphatic heterocycles. The number of benzene rings is 2. The highest BCUT2D eigenvalue weighted by molar-refractivity contribution is 7.93. The van der Waals surface area contributed by atoms with Crippen LogP contribution in [0.3, 0.4) is 0 Å². The first kappa shape index (κ1) is 10.3. The molecule has 0 amide bonds. The van der Waals surface area contributed by atoms with Crippen LogP contribution < -0.4 is 4.72 Å². The molecule has 2 aromatic carbocycles. The van der Waals surface area contributed by atoms with Gasteiger partial charge in [0.2, 0.25) is 0 Å². The first-order chi connectivity index (χ1) is 8.08. The fraction of sp³-hybridized carbons (Fsp3) is 0. The van der Waals surface area contributed by atoms with Crippen LogP contribution in [0.2, 0.25) is 0 Å². The minimum atomic E-state index is -3.59. The third-order valence-electron chi connectivity index (χ3n) is 2.69. The van der Waals surface area contributed by atoms with E-state index in [2.05, 4.69) is 4.72 Å². The molecule has 0 aromatic heterocycles. The third-order valence-corrected chi connectivity index (χ3v) is 4.12. The van der Waals surface area contributed by atoms with Crippen molar-refractivity contribution in [2.45, 2.75) is 4.90 Å². The molecular weight excluding hydrogens is 241 g/mol. The number of hydrogen-bond acceptors (Lipinski definition) is 2. The van der Waals surface area contributed by atoms with Crippen molar-refractivity contribution < 1.29 is 12.8 Å². The first-order valence-electron chi connectivity index (χ1n) is 5.00. The Hall–Kier alpha value is -1.88. The van der Waals surface area contributed by atoms with Crippen molar-refractivity contribution in [3.05, 3.63) is 48.3 Å². The summed E-state index contributed by atoms with van der Waals surface area (Å²) in [6, 6.07) is 10.7. The molecule has 1 aliphatic rings. The number of rotatable bonds is 0. The van der Waals surface area contributed by atoms with Gasteiger partial charge in [0, 0.05) is 11.1 Å². The van der Waals surface area contributed by atoms with E-state index in [1.54, 1.807) is 24.3 Å². The lowest BCUT2D eigenvalue weighted by molar-refractivity contribution is 0.600. The van der Waals surface area contributed by atoms with Gasteiger partial charge in [-0.1, -0.05) is 18.2 Å². The van der Waals surface area contributed by atoms with Crippen LogP contribution in [0, 0.1) is 5.82 Å². The molecule has 5 heteroatoms. The van der Waals surface area contributed by atoms with E-state index in [1.807, 2.05) is 0 Å². The van der Waals surface area contributed by atoms with E-state index >= 15 is 0 Å². The summed E-state index contributed by atoms with van der Waals surface area (Å²) in [5, 5.41) is 0. The van der Waals surface area contributed by atoms with E-state index in [4.69, 9.17) is 0 Å². The molecule has 1 N–H and O–H groups in total. The molecule has 1 heterocycles. The molecule has 3 rings (SSSR count). The first-order valence-corrected chi connectivity index (χ1v) is 6.48. The Bertz CT molecular complexity index is 710. The van der Waals surface area contributed by atoms with Crippen LogP contribution in [0.4, 0.5) is 10.1 Å². The SMILES string of the molecule is O=S1(=O)Nc2cc(F)ccc2-c2ccccc21. The van der Waals surface area contributed by atoms with Gasteiger partial charge >= 0.3 is 0 Å². The number of fused-ring (bicyclic) bond motifs is 3. The molecule has 0 bridgehead atoms. The van der Waals surface area contributed by atoms with Crippen LogP contribution in [-0.4, -0.2) is 8.42 Å². The van der Waals surface area contributed by atoms with E-state index in [0.717, 1.165) is 0 Å². The van der Waals surface area contributed by atoms with Gasteiger partial charge in [0.05, 0.1) is 10.6 Å². The van der Waals surface area contributed by atoms with E-state index in [1.165, 1.54) is 18.2 Å². The minimum Gasteiger partial charge on any atom is -0.279 e. The van der Waals surface area contributed by atoms with Gasteiger partial charge in [-0.3, -0.25) is 4.72 Å². The average Bonchev–Trinajstić information content (AvgIpc) is 2.28. The maximum Gasteiger partial charge on any atom is 0.262 e. The fourth-order valence-corrected chi connectivity index (χ4v) is 3.25. The molecule has 0 atom stereocenters. The van der Waals surface area contributed by atoms with Crippen molar-refractivity contribution in [1.29, 1.82) is 0 Å². The molecule has 3 nitrogen and oxygen atoms in total. The summed E-state index contributed by atoms with van der Waals surface area (Å²) in [6.07, 6.45) is 0. The number of hydrogen-bond donors (Lipinski definition) is 1. The van der Waals surface area contributed by atoms with Gasteiger partial charge in [-0.2, -0.15) is 0 Å². The highest BCUT2D eigenvalue weighted by Crippen LogP contribution is 2.38. The van der Waals surface area contributed by atoms with Crippen molar-refractivity contribution in [3.8, 4) is 11.1 Å². The lowest BCUT2D eigenvalue weighted by Gasteiger charge is -2.21. The smallest absolute Gasteiger partial charge is 0.262 e. The average molecular weight is 249 g/mol. The molecule has 0 aliphatic carbocycles. The van der Waals surface area contributed by atoms with E-state index < -0.39 is 15.8 Å². The monoisotopic (exact) mass is 249 g/mol. The van der Waals surface area contributed by atoms with Crippen LogP contribution in [0.5, 0.6) is 0 Å². The predicted octanol–water partition coefficient (Wildman–Crippen LogP) is 2.61. The van der Waals surface area contributed by atoms with Crippen LogP contribution in [0.1, 0.15) is 0 Å². The van der Waals surface area contributed by atoms with Gasteiger partial charge in [0.25, 0.3) is 10.0 Å². The highest BCUT2D eigenvalue weighted by Gasteiger charge is 2.26. The van der Waals surface area contributed by atoms with Gasteiger partial charge in [0.15, 0.2) is 0 Å². The molecule has 0 saturated heterocycles. The molecule has 86 valence electrons. The summed E-state index contributed by atoms with van der Waals surface area (Å²) in [5.74, 6) is -0.467. The number of nitrogens with one attached hydrogen (secondary N) is 1. The maximum absolute atomic E-state index is 13.1. The molecule has 0 unspecified atom stereocenters.